The third-order valence-electron chi connectivity index (χ3n) is 3.91. The van der Waals surface area contributed by atoms with Crippen LogP contribution in [0.3, 0.4) is 0 Å². The molecule has 0 aromatic carbocycles. The van der Waals surface area contributed by atoms with Crippen LogP contribution in [0.4, 0.5) is 5.82 Å². The molecular formula is C15H24N4O2. The van der Waals surface area contributed by atoms with Gasteiger partial charge in [0.2, 0.25) is 0 Å². The van der Waals surface area contributed by atoms with Gasteiger partial charge in [0.1, 0.15) is 5.82 Å². The molecule has 1 atom stereocenters. The number of nitrogens with zero attached hydrogens (tertiary/aromatic N) is 3. The topological polar surface area (TPSA) is 84.0 Å². The molecular weight excluding hydrogens is 268 g/mol. The monoisotopic (exact) mass is 292 g/mol. The lowest BCUT2D eigenvalue weighted by Gasteiger charge is -2.34. The number of methoxy groups -OCH3 is 1. The molecule has 116 valence electrons. The zero-order chi connectivity index (χ0) is 15.4. The summed E-state index contributed by atoms with van der Waals surface area (Å²) in [7, 11) is 1.73. The normalized spacial score (nSPS) is 19.9. The Bertz CT molecular complexity index is 529. The van der Waals surface area contributed by atoms with Gasteiger partial charge in [-0.25, -0.2) is 4.98 Å². The number of rotatable bonds is 4. The van der Waals surface area contributed by atoms with Crippen LogP contribution in [0.1, 0.15) is 29.7 Å². The van der Waals surface area contributed by atoms with E-state index in [4.69, 9.17) is 15.7 Å². The van der Waals surface area contributed by atoms with E-state index in [0.717, 1.165) is 55.2 Å². The lowest BCUT2D eigenvalue weighted by atomic mass is 9.98. The largest absolute Gasteiger partial charge is 0.409 e. The molecule has 0 amide bonds. The zero-order valence-corrected chi connectivity index (χ0v) is 13.0. The lowest BCUT2D eigenvalue weighted by molar-refractivity contribution is 0.143. The number of amidine groups is 1. The Morgan fingerprint density at radius 2 is 2.33 bits per heavy atom. The van der Waals surface area contributed by atoms with Gasteiger partial charge in [-0.15, -0.1) is 0 Å². The smallest absolute Gasteiger partial charge is 0.174 e. The van der Waals surface area contributed by atoms with Crippen molar-refractivity contribution >= 4 is 11.7 Å². The maximum absolute atomic E-state index is 9.04. The summed E-state index contributed by atoms with van der Waals surface area (Å²) in [5.41, 5.74) is 8.49. The van der Waals surface area contributed by atoms with E-state index in [1.54, 1.807) is 7.11 Å². The molecule has 0 bridgehead atoms. The Kier molecular flexibility index (Phi) is 5.01. The molecule has 1 aromatic heterocycles. The van der Waals surface area contributed by atoms with Gasteiger partial charge < -0.3 is 20.6 Å². The highest BCUT2D eigenvalue weighted by atomic mass is 16.5. The summed E-state index contributed by atoms with van der Waals surface area (Å²) in [6, 6.07) is 1.95. The second-order valence-electron chi connectivity index (χ2n) is 5.67. The number of ether oxygens (including phenoxy) is 1. The van der Waals surface area contributed by atoms with Crippen LogP contribution in [0.2, 0.25) is 0 Å². The van der Waals surface area contributed by atoms with Crippen LogP contribution in [-0.4, -0.2) is 42.8 Å². The number of oxime groups is 1. The fourth-order valence-corrected chi connectivity index (χ4v) is 3.04. The van der Waals surface area contributed by atoms with E-state index in [0.29, 0.717) is 5.92 Å². The Balaban J connectivity index is 2.37. The first kappa shape index (κ1) is 15.6. The molecule has 3 N–H and O–H groups in total. The van der Waals surface area contributed by atoms with E-state index >= 15 is 0 Å². The summed E-state index contributed by atoms with van der Waals surface area (Å²) in [4.78, 5) is 6.86. The van der Waals surface area contributed by atoms with Crippen molar-refractivity contribution in [2.24, 2.45) is 16.8 Å². The fourth-order valence-electron chi connectivity index (χ4n) is 3.04. The number of anilines is 1. The highest BCUT2D eigenvalue weighted by Crippen LogP contribution is 2.27. The molecule has 1 fully saturated rings. The standard InChI is InChI=1S/C15H24N4O2/c1-10-7-11(2)17-15(13(10)14(16)18-20)19-6-4-5-12(8-19)9-21-3/h7,12,20H,4-6,8-9H2,1-3H3,(H2,16,18). The predicted molar refractivity (Wildman–Crippen MR) is 83.0 cm³/mol. The maximum Gasteiger partial charge on any atom is 0.174 e. The third kappa shape index (κ3) is 3.44. The van der Waals surface area contributed by atoms with E-state index in [-0.39, 0.29) is 5.84 Å². The summed E-state index contributed by atoms with van der Waals surface area (Å²) in [6.07, 6.45) is 2.26. The van der Waals surface area contributed by atoms with Crippen LogP contribution in [0.15, 0.2) is 11.2 Å². The first-order valence-corrected chi connectivity index (χ1v) is 7.26. The van der Waals surface area contributed by atoms with E-state index in [1.165, 1.54) is 0 Å². The molecule has 1 aliphatic rings. The fraction of sp³-hybridized carbons (Fsp3) is 0.600. The van der Waals surface area contributed by atoms with Gasteiger partial charge in [0.15, 0.2) is 5.84 Å². The average molecular weight is 292 g/mol. The molecule has 1 unspecified atom stereocenters. The quantitative estimate of drug-likeness (QED) is 0.381. The van der Waals surface area contributed by atoms with Gasteiger partial charge in [-0.1, -0.05) is 5.16 Å². The molecule has 0 radical (unpaired) electrons. The zero-order valence-electron chi connectivity index (χ0n) is 13.0. The molecule has 21 heavy (non-hydrogen) atoms. The first-order valence-electron chi connectivity index (χ1n) is 7.26. The highest BCUT2D eigenvalue weighted by molar-refractivity contribution is 6.02. The molecule has 0 spiro atoms. The van der Waals surface area contributed by atoms with Crippen LogP contribution in [0.5, 0.6) is 0 Å². The van der Waals surface area contributed by atoms with Crippen LogP contribution < -0.4 is 10.6 Å². The molecule has 0 aliphatic carbocycles. The van der Waals surface area contributed by atoms with Crippen LogP contribution in [-0.2, 0) is 4.74 Å². The first-order chi connectivity index (χ1) is 10.1. The third-order valence-corrected chi connectivity index (χ3v) is 3.91. The van der Waals surface area contributed by atoms with E-state index in [1.807, 2.05) is 19.9 Å². The number of pyridine rings is 1. The molecule has 0 saturated carbocycles. The van der Waals surface area contributed by atoms with Gasteiger partial charge in [-0.2, -0.15) is 0 Å². The minimum atomic E-state index is 0.115. The summed E-state index contributed by atoms with van der Waals surface area (Å²) >= 11 is 0. The van der Waals surface area contributed by atoms with E-state index in [2.05, 4.69) is 15.0 Å². The van der Waals surface area contributed by atoms with Crippen molar-refractivity contribution in [1.29, 1.82) is 0 Å². The predicted octanol–water partition coefficient (Wildman–Crippen LogP) is 1.66. The Hall–Kier alpha value is -1.82. The van der Waals surface area contributed by atoms with Crippen molar-refractivity contribution < 1.29 is 9.94 Å². The lowest BCUT2D eigenvalue weighted by Crippen LogP contribution is -2.39. The van der Waals surface area contributed by atoms with Crippen LogP contribution in [0.25, 0.3) is 0 Å². The Morgan fingerprint density at radius 1 is 1.57 bits per heavy atom. The summed E-state index contributed by atoms with van der Waals surface area (Å²) in [5.74, 6) is 1.42. The molecule has 1 aliphatic heterocycles. The number of hydrogen-bond donors (Lipinski definition) is 2. The average Bonchev–Trinajstić information content (AvgIpc) is 2.46. The number of aryl methyl sites for hydroxylation is 2. The molecule has 2 heterocycles. The molecule has 1 aromatic rings. The van der Waals surface area contributed by atoms with E-state index in [9.17, 15) is 0 Å². The van der Waals surface area contributed by atoms with E-state index < -0.39 is 0 Å². The van der Waals surface area contributed by atoms with Crippen LogP contribution >= 0.6 is 0 Å². The Morgan fingerprint density at radius 3 is 3.00 bits per heavy atom. The van der Waals surface area contributed by atoms with Crippen LogP contribution in [0, 0.1) is 19.8 Å². The van der Waals surface area contributed by atoms with Crippen molar-refractivity contribution in [2.75, 3.05) is 31.7 Å². The van der Waals surface area contributed by atoms with Gasteiger partial charge in [0.05, 0.1) is 12.2 Å². The van der Waals surface area contributed by atoms with Crippen molar-refractivity contribution in [3.8, 4) is 0 Å². The number of piperidine rings is 1. The second-order valence-corrected chi connectivity index (χ2v) is 5.67. The minimum Gasteiger partial charge on any atom is -0.409 e. The van der Waals surface area contributed by atoms with Crippen molar-refractivity contribution in [2.45, 2.75) is 26.7 Å². The molecule has 1 saturated heterocycles. The number of aromatic nitrogens is 1. The van der Waals surface area contributed by atoms with Crippen molar-refractivity contribution in [1.82, 2.24) is 4.98 Å². The number of hydrogen-bond acceptors (Lipinski definition) is 5. The molecule has 2 rings (SSSR count). The molecule has 6 nitrogen and oxygen atoms in total. The number of nitrogens with two attached hydrogens (primary N) is 1. The SMILES string of the molecule is COCC1CCCN(c2nc(C)cc(C)c2/C(N)=N/O)C1. The highest BCUT2D eigenvalue weighted by Gasteiger charge is 2.25. The Labute approximate surface area is 125 Å². The summed E-state index contributed by atoms with van der Waals surface area (Å²) in [6.45, 7) is 6.49. The van der Waals surface area contributed by atoms with Gasteiger partial charge in [-0.05, 0) is 44.2 Å². The van der Waals surface area contributed by atoms with Gasteiger partial charge in [0, 0.05) is 25.9 Å². The minimum absolute atomic E-state index is 0.115. The second kappa shape index (κ2) is 6.76. The van der Waals surface area contributed by atoms with Crippen molar-refractivity contribution in [3.05, 3.63) is 22.9 Å². The van der Waals surface area contributed by atoms with Crippen molar-refractivity contribution in [3.63, 3.8) is 0 Å². The maximum atomic E-state index is 9.04. The summed E-state index contributed by atoms with van der Waals surface area (Å²) in [5, 5.41) is 12.2. The van der Waals surface area contributed by atoms with Gasteiger partial charge >= 0.3 is 0 Å². The van der Waals surface area contributed by atoms with Gasteiger partial charge in [-0.3, -0.25) is 0 Å². The van der Waals surface area contributed by atoms with Gasteiger partial charge in [0.25, 0.3) is 0 Å². The molecule has 6 heteroatoms. The summed E-state index contributed by atoms with van der Waals surface area (Å²) < 4.78 is 5.28.